The molecule has 0 radical (unpaired) electrons. The molecule has 0 saturated carbocycles. The summed E-state index contributed by atoms with van der Waals surface area (Å²) in [5, 5.41) is 26.3. The Labute approximate surface area is 175 Å². The summed E-state index contributed by atoms with van der Waals surface area (Å²) < 4.78 is 26.5. The van der Waals surface area contributed by atoms with E-state index < -0.39 is 27.8 Å². The van der Waals surface area contributed by atoms with Gasteiger partial charge in [-0.15, -0.1) is 11.3 Å². The highest BCUT2D eigenvalue weighted by molar-refractivity contribution is 7.91. The number of anilines is 2. The number of halogens is 2. The fraction of sp³-hybridized carbons (Fsp3) is 0.312. The Balaban J connectivity index is 1.77. The molecular weight excluding hydrogens is 449 g/mol. The van der Waals surface area contributed by atoms with E-state index in [0.717, 1.165) is 11.3 Å². The molecule has 0 bridgehead atoms. The molecule has 0 aliphatic carbocycles. The van der Waals surface area contributed by atoms with Gasteiger partial charge in [-0.1, -0.05) is 29.3 Å². The minimum Gasteiger partial charge on any atom is -0.504 e. The maximum atomic E-state index is 12.8. The first-order chi connectivity index (χ1) is 13.3. The van der Waals surface area contributed by atoms with Crippen LogP contribution in [0.3, 0.4) is 0 Å². The molecule has 3 rings (SSSR count). The minimum absolute atomic E-state index is 0.0565. The molecule has 28 heavy (non-hydrogen) atoms. The number of carbonyl (C=O) groups excluding carboxylic acids is 1. The van der Waals surface area contributed by atoms with E-state index in [1.807, 2.05) is 0 Å². The number of benzene rings is 1. The maximum Gasteiger partial charge on any atom is 0.323 e. The van der Waals surface area contributed by atoms with Crippen LogP contribution in [0.15, 0.2) is 27.8 Å². The second kappa shape index (κ2) is 8.44. The van der Waals surface area contributed by atoms with Crippen LogP contribution < -0.4 is 10.6 Å². The highest BCUT2D eigenvalue weighted by Gasteiger charge is 2.38. The summed E-state index contributed by atoms with van der Waals surface area (Å²) in [4.78, 5) is 12.2. The minimum atomic E-state index is -3.99. The van der Waals surface area contributed by atoms with Crippen molar-refractivity contribution in [1.29, 1.82) is 0 Å². The van der Waals surface area contributed by atoms with Crippen LogP contribution in [0.25, 0.3) is 0 Å². The number of carbonyl (C=O) groups is 1. The van der Waals surface area contributed by atoms with E-state index in [-0.39, 0.29) is 38.8 Å². The van der Waals surface area contributed by atoms with Crippen molar-refractivity contribution in [1.82, 2.24) is 4.31 Å². The van der Waals surface area contributed by atoms with Crippen molar-refractivity contribution in [2.75, 3.05) is 23.8 Å². The molecule has 1 unspecified atom stereocenters. The van der Waals surface area contributed by atoms with E-state index in [2.05, 4.69) is 10.6 Å². The first kappa shape index (κ1) is 21.2. The number of aliphatic hydroxyl groups is 1. The molecule has 4 N–H and O–H groups in total. The molecule has 2 amide bonds. The Bertz CT molecular complexity index is 996. The van der Waals surface area contributed by atoms with Gasteiger partial charge in [-0.2, -0.15) is 4.31 Å². The smallest absolute Gasteiger partial charge is 0.323 e. The van der Waals surface area contributed by atoms with Crippen molar-refractivity contribution in [3.63, 3.8) is 0 Å². The fourth-order valence-corrected chi connectivity index (χ4v) is 6.28. The van der Waals surface area contributed by atoms with Crippen molar-refractivity contribution >= 4 is 62.0 Å². The lowest BCUT2D eigenvalue weighted by atomic mass is 10.2. The third-order valence-corrected chi connectivity index (χ3v) is 8.52. The van der Waals surface area contributed by atoms with Gasteiger partial charge >= 0.3 is 6.03 Å². The summed E-state index contributed by atoms with van der Waals surface area (Å²) in [6, 6.07) is 3.46. The van der Waals surface area contributed by atoms with Gasteiger partial charge in [0, 0.05) is 18.0 Å². The van der Waals surface area contributed by atoms with Gasteiger partial charge in [0.15, 0.2) is 9.96 Å². The zero-order valence-corrected chi connectivity index (χ0v) is 17.5. The topological polar surface area (TPSA) is 119 Å². The number of sulfonamides is 1. The summed E-state index contributed by atoms with van der Waals surface area (Å²) in [6.07, 6.45) is 1.18. The zero-order chi connectivity index (χ0) is 20.5. The Morgan fingerprint density at radius 3 is 2.71 bits per heavy atom. The molecule has 12 heteroatoms. The molecule has 1 aromatic carbocycles. The lowest BCUT2D eigenvalue weighted by Gasteiger charge is -2.21. The molecule has 2 heterocycles. The first-order valence-electron chi connectivity index (χ1n) is 8.21. The number of aromatic hydroxyl groups is 1. The molecule has 1 aliphatic rings. The number of hydrogen-bond acceptors (Lipinski definition) is 6. The molecule has 8 nitrogen and oxygen atoms in total. The summed E-state index contributed by atoms with van der Waals surface area (Å²) >= 11 is 12.7. The molecule has 1 atom stereocenters. The Morgan fingerprint density at radius 1 is 1.29 bits per heavy atom. The van der Waals surface area contributed by atoms with Crippen molar-refractivity contribution in [3.05, 3.63) is 33.6 Å². The van der Waals surface area contributed by atoms with Gasteiger partial charge < -0.3 is 20.8 Å². The van der Waals surface area contributed by atoms with Gasteiger partial charge in [0.05, 0.1) is 28.0 Å². The molecule has 1 fully saturated rings. The van der Waals surface area contributed by atoms with E-state index in [9.17, 15) is 23.4 Å². The Kier molecular flexibility index (Phi) is 6.37. The number of amides is 2. The predicted octanol–water partition coefficient (Wildman–Crippen LogP) is 3.55. The molecule has 1 saturated heterocycles. The normalized spacial score (nSPS) is 17.6. The van der Waals surface area contributed by atoms with Crippen LogP contribution in [0.5, 0.6) is 5.75 Å². The molecule has 0 spiro atoms. The lowest BCUT2D eigenvalue weighted by molar-refractivity contribution is 0.213. The standard InChI is InChI=1S/C16H17Cl2N3O5S2/c17-10-4-1-5-11(13(10)18)19-16(24)20-12-8-27-15(14(12)23)28(25,26)21-6-2-3-9(21)7-22/h1,4-5,8-9,22-23H,2-3,6-7H2,(H2,19,20,24). The van der Waals surface area contributed by atoms with Crippen LogP contribution >= 0.6 is 34.5 Å². The third kappa shape index (κ3) is 4.07. The van der Waals surface area contributed by atoms with E-state index in [1.54, 1.807) is 18.2 Å². The lowest BCUT2D eigenvalue weighted by Crippen LogP contribution is -2.37. The highest BCUT2D eigenvalue weighted by atomic mass is 35.5. The number of nitrogens with one attached hydrogen (secondary N) is 2. The maximum absolute atomic E-state index is 12.8. The zero-order valence-electron chi connectivity index (χ0n) is 14.4. The SMILES string of the molecule is O=C(Nc1csc(S(=O)(=O)N2CCCC2CO)c1O)Nc1cccc(Cl)c1Cl. The number of thiophene rings is 1. The van der Waals surface area contributed by atoms with Gasteiger partial charge in [0.25, 0.3) is 10.0 Å². The summed E-state index contributed by atoms with van der Waals surface area (Å²) in [5.41, 5.74) is 0.205. The molecule has 1 aromatic heterocycles. The predicted molar refractivity (Wildman–Crippen MR) is 109 cm³/mol. The van der Waals surface area contributed by atoms with Gasteiger partial charge in [-0.3, -0.25) is 0 Å². The average Bonchev–Trinajstić information content (AvgIpc) is 3.27. The Morgan fingerprint density at radius 2 is 2.00 bits per heavy atom. The second-order valence-corrected chi connectivity index (χ2v) is 9.81. The van der Waals surface area contributed by atoms with Crippen molar-refractivity contribution in [2.45, 2.75) is 23.1 Å². The second-order valence-electron chi connectivity index (χ2n) is 6.06. The number of aliphatic hydroxyl groups excluding tert-OH is 1. The van der Waals surface area contributed by atoms with Crippen LogP contribution in [0.1, 0.15) is 12.8 Å². The van der Waals surface area contributed by atoms with E-state index in [4.69, 9.17) is 23.2 Å². The largest absolute Gasteiger partial charge is 0.504 e. The van der Waals surface area contributed by atoms with Gasteiger partial charge in [0.2, 0.25) is 0 Å². The summed E-state index contributed by atoms with van der Waals surface area (Å²) in [5.74, 6) is -0.555. The van der Waals surface area contributed by atoms with Crippen LogP contribution in [0, 0.1) is 0 Å². The number of hydrogen-bond donors (Lipinski definition) is 4. The van der Waals surface area contributed by atoms with Crippen LogP contribution in [0.4, 0.5) is 16.2 Å². The quantitative estimate of drug-likeness (QED) is 0.538. The summed E-state index contributed by atoms with van der Waals surface area (Å²) in [6.45, 7) is -0.0271. The van der Waals surface area contributed by atoms with Gasteiger partial charge in [0.1, 0.15) is 0 Å². The van der Waals surface area contributed by atoms with Crippen molar-refractivity contribution in [3.8, 4) is 5.75 Å². The monoisotopic (exact) mass is 465 g/mol. The molecule has 152 valence electrons. The highest BCUT2D eigenvalue weighted by Crippen LogP contribution is 2.41. The third-order valence-electron chi connectivity index (χ3n) is 4.26. The first-order valence-corrected chi connectivity index (χ1v) is 11.3. The molecular formula is C16H17Cl2N3O5S2. The van der Waals surface area contributed by atoms with E-state index in [0.29, 0.717) is 12.8 Å². The summed E-state index contributed by atoms with van der Waals surface area (Å²) in [7, 11) is -3.99. The van der Waals surface area contributed by atoms with Crippen LogP contribution in [0.2, 0.25) is 10.0 Å². The number of rotatable bonds is 5. The fourth-order valence-electron chi connectivity index (χ4n) is 2.90. The van der Waals surface area contributed by atoms with Crippen LogP contribution in [-0.2, 0) is 10.0 Å². The number of nitrogens with zero attached hydrogens (tertiary/aromatic N) is 1. The van der Waals surface area contributed by atoms with Gasteiger partial charge in [-0.25, -0.2) is 13.2 Å². The van der Waals surface area contributed by atoms with E-state index in [1.165, 1.54) is 9.69 Å². The number of urea groups is 1. The average molecular weight is 466 g/mol. The van der Waals surface area contributed by atoms with Gasteiger partial charge in [-0.05, 0) is 25.0 Å². The molecule has 2 aromatic rings. The van der Waals surface area contributed by atoms with E-state index >= 15 is 0 Å². The van der Waals surface area contributed by atoms with Crippen LogP contribution in [-0.4, -0.2) is 48.2 Å². The molecule has 1 aliphatic heterocycles. The van der Waals surface area contributed by atoms with Crippen molar-refractivity contribution in [2.24, 2.45) is 0 Å². The Hall–Kier alpha value is -1.56. The van der Waals surface area contributed by atoms with Crippen molar-refractivity contribution < 1.29 is 23.4 Å².